The molecule has 0 saturated heterocycles. The SMILES string of the molecule is CCC(C)(C)c1nnc(CCCNC(C)(C)C)s1. The van der Waals surface area contributed by atoms with E-state index in [9.17, 15) is 0 Å². The molecule has 1 N–H and O–H groups in total. The van der Waals surface area contributed by atoms with Gasteiger partial charge in [0.25, 0.3) is 0 Å². The van der Waals surface area contributed by atoms with Crippen LogP contribution in [0.4, 0.5) is 0 Å². The second kappa shape index (κ2) is 6.11. The second-order valence-electron chi connectivity index (χ2n) is 6.52. The highest BCUT2D eigenvalue weighted by atomic mass is 32.1. The molecule has 1 heterocycles. The molecule has 0 radical (unpaired) electrons. The van der Waals surface area contributed by atoms with Gasteiger partial charge in [0.2, 0.25) is 0 Å². The number of aromatic nitrogens is 2. The van der Waals surface area contributed by atoms with Crippen LogP contribution in [0.3, 0.4) is 0 Å². The van der Waals surface area contributed by atoms with Crippen LogP contribution in [0, 0.1) is 0 Å². The van der Waals surface area contributed by atoms with Crippen molar-refractivity contribution in [1.82, 2.24) is 15.5 Å². The van der Waals surface area contributed by atoms with E-state index < -0.39 is 0 Å². The summed E-state index contributed by atoms with van der Waals surface area (Å²) in [5.41, 5.74) is 0.371. The summed E-state index contributed by atoms with van der Waals surface area (Å²) in [4.78, 5) is 0. The van der Waals surface area contributed by atoms with Crippen molar-refractivity contribution >= 4 is 11.3 Å². The van der Waals surface area contributed by atoms with Gasteiger partial charge in [-0.05, 0) is 40.2 Å². The van der Waals surface area contributed by atoms with Crippen LogP contribution >= 0.6 is 11.3 Å². The van der Waals surface area contributed by atoms with E-state index in [1.165, 1.54) is 10.0 Å². The van der Waals surface area contributed by atoms with Gasteiger partial charge in [-0.2, -0.15) is 0 Å². The van der Waals surface area contributed by atoms with Crippen LogP contribution < -0.4 is 5.32 Å². The van der Waals surface area contributed by atoms with Crippen molar-refractivity contribution in [3.63, 3.8) is 0 Å². The van der Waals surface area contributed by atoms with Crippen LogP contribution in [0.25, 0.3) is 0 Å². The van der Waals surface area contributed by atoms with Crippen LogP contribution in [-0.4, -0.2) is 22.3 Å². The Balaban J connectivity index is 2.41. The van der Waals surface area contributed by atoms with Gasteiger partial charge in [0.15, 0.2) is 0 Å². The lowest BCUT2D eigenvalue weighted by Gasteiger charge is -2.20. The molecule has 4 heteroatoms. The van der Waals surface area contributed by atoms with Gasteiger partial charge in [0.1, 0.15) is 10.0 Å². The second-order valence-corrected chi connectivity index (χ2v) is 7.58. The van der Waals surface area contributed by atoms with E-state index in [0.29, 0.717) is 0 Å². The van der Waals surface area contributed by atoms with E-state index in [1.807, 2.05) is 0 Å². The Morgan fingerprint density at radius 1 is 1.11 bits per heavy atom. The summed E-state index contributed by atoms with van der Waals surface area (Å²) in [5, 5.41) is 14.5. The first-order valence-electron chi connectivity index (χ1n) is 6.82. The van der Waals surface area contributed by atoms with E-state index in [0.717, 1.165) is 25.8 Å². The molecule has 0 fully saturated rings. The van der Waals surface area contributed by atoms with Crippen molar-refractivity contribution in [3.8, 4) is 0 Å². The summed E-state index contributed by atoms with van der Waals surface area (Å²) in [5.74, 6) is 0. The van der Waals surface area contributed by atoms with Crippen LogP contribution in [0.15, 0.2) is 0 Å². The molecule has 104 valence electrons. The maximum Gasteiger partial charge on any atom is 0.123 e. The Hall–Kier alpha value is -0.480. The fraction of sp³-hybridized carbons (Fsp3) is 0.857. The van der Waals surface area contributed by atoms with Gasteiger partial charge in [0, 0.05) is 17.4 Å². The number of nitrogens with zero attached hydrogens (tertiary/aromatic N) is 2. The highest BCUT2D eigenvalue weighted by Crippen LogP contribution is 2.29. The minimum absolute atomic E-state index is 0.166. The maximum absolute atomic E-state index is 4.33. The number of rotatable bonds is 6. The van der Waals surface area contributed by atoms with Gasteiger partial charge in [-0.1, -0.05) is 20.8 Å². The highest BCUT2D eigenvalue weighted by molar-refractivity contribution is 7.11. The van der Waals surface area contributed by atoms with Crippen molar-refractivity contribution < 1.29 is 0 Å². The molecule has 0 aromatic carbocycles. The molecular formula is C14H27N3S. The molecule has 0 amide bonds. The van der Waals surface area contributed by atoms with Crippen LogP contribution in [-0.2, 0) is 11.8 Å². The van der Waals surface area contributed by atoms with Crippen molar-refractivity contribution in [2.24, 2.45) is 0 Å². The molecule has 18 heavy (non-hydrogen) atoms. The molecule has 0 aliphatic rings. The van der Waals surface area contributed by atoms with Gasteiger partial charge < -0.3 is 5.32 Å². The Morgan fingerprint density at radius 3 is 2.33 bits per heavy atom. The zero-order valence-corrected chi connectivity index (χ0v) is 13.4. The molecule has 0 unspecified atom stereocenters. The molecule has 1 aromatic rings. The van der Waals surface area contributed by atoms with E-state index in [-0.39, 0.29) is 11.0 Å². The molecule has 0 aliphatic carbocycles. The summed E-state index contributed by atoms with van der Waals surface area (Å²) in [6.07, 6.45) is 3.26. The minimum Gasteiger partial charge on any atom is -0.312 e. The third-order valence-corrected chi connectivity index (χ3v) is 4.50. The largest absolute Gasteiger partial charge is 0.312 e. The number of hydrogen-bond donors (Lipinski definition) is 1. The van der Waals surface area contributed by atoms with Crippen LogP contribution in [0.5, 0.6) is 0 Å². The quantitative estimate of drug-likeness (QED) is 0.803. The molecule has 3 nitrogen and oxygen atoms in total. The smallest absolute Gasteiger partial charge is 0.123 e. The Kier molecular flexibility index (Phi) is 5.29. The third kappa shape index (κ3) is 5.02. The van der Waals surface area contributed by atoms with E-state index in [2.05, 4.69) is 57.1 Å². The molecule has 1 aromatic heterocycles. The van der Waals surface area contributed by atoms with Crippen molar-refractivity contribution in [1.29, 1.82) is 0 Å². The Bertz CT molecular complexity index is 363. The fourth-order valence-electron chi connectivity index (χ4n) is 1.48. The molecule has 0 bridgehead atoms. The minimum atomic E-state index is 0.166. The first kappa shape index (κ1) is 15.6. The molecule has 0 spiro atoms. The lowest BCUT2D eigenvalue weighted by molar-refractivity contribution is 0.422. The zero-order chi connectivity index (χ0) is 13.8. The Morgan fingerprint density at radius 2 is 1.78 bits per heavy atom. The summed E-state index contributed by atoms with van der Waals surface area (Å²) >= 11 is 1.77. The van der Waals surface area contributed by atoms with Crippen LogP contribution in [0.2, 0.25) is 0 Å². The van der Waals surface area contributed by atoms with E-state index in [4.69, 9.17) is 0 Å². The summed E-state index contributed by atoms with van der Waals surface area (Å²) in [6.45, 7) is 14.3. The third-order valence-electron chi connectivity index (χ3n) is 3.15. The topological polar surface area (TPSA) is 37.8 Å². The maximum atomic E-state index is 4.33. The first-order valence-corrected chi connectivity index (χ1v) is 7.64. The number of nitrogens with one attached hydrogen (secondary N) is 1. The molecular weight excluding hydrogens is 242 g/mol. The van der Waals surface area contributed by atoms with Crippen molar-refractivity contribution in [3.05, 3.63) is 10.0 Å². The normalized spacial score (nSPS) is 13.0. The number of hydrogen-bond acceptors (Lipinski definition) is 4. The predicted molar refractivity (Wildman–Crippen MR) is 79.3 cm³/mol. The summed E-state index contributed by atoms with van der Waals surface area (Å²) in [6, 6.07) is 0. The van der Waals surface area contributed by atoms with Gasteiger partial charge in [-0.15, -0.1) is 21.5 Å². The summed E-state index contributed by atoms with van der Waals surface area (Å²) in [7, 11) is 0. The number of aryl methyl sites for hydroxylation is 1. The lowest BCUT2D eigenvalue weighted by atomic mass is 9.91. The molecule has 1 rings (SSSR count). The van der Waals surface area contributed by atoms with Crippen LogP contribution in [0.1, 0.15) is 64.4 Å². The average Bonchev–Trinajstić information content (AvgIpc) is 2.72. The highest BCUT2D eigenvalue weighted by Gasteiger charge is 2.22. The fourth-order valence-corrected chi connectivity index (χ4v) is 2.54. The Labute approximate surface area is 115 Å². The first-order chi connectivity index (χ1) is 8.24. The van der Waals surface area contributed by atoms with Crippen molar-refractivity contribution in [2.75, 3.05) is 6.54 Å². The monoisotopic (exact) mass is 269 g/mol. The zero-order valence-electron chi connectivity index (χ0n) is 12.6. The van der Waals surface area contributed by atoms with E-state index in [1.54, 1.807) is 11.3 Å². The standard InChI is InChI=1S/C14H27N3S/c1-7-14(5,6)12-17-16-11(18-12)9-8-10-15-13(2,3)4/h15H,7-10H2,1-6H3. The van der Waals surface area contributed by atoms with E-state index >= 15 is 0 Å². The predicted octanol–water partition coefficient (Wildman–Crippen LogP) is 3.55. The molecule has 0 saturated carbocycles. The van der Waals surface area contributed by atoms with Gasteiger partial charge in [-0.25, -0.2) is 0 Å². The molecule has 0 atom stereocenters. The van der Waals surface area contributed by atoms with Gasteiger partial charge >= 0.3 is 0 Å². The average molecular weight is 269 g/mol. The summed E-state index contributed by atoms with van der Waals surface area (Å²) < 4.78 is 0. The van der Waals surface area contributed by atoms with Gasteiger partial charge in [0.05, 0.1) is 0 Å². The van der Waals surface area contributed by atoms with Crippen molar-refractivity contribution in [2.45, 2.75) is 71.8 Å². The van der Waals surface area contributed by atoms with Gasteiger partial charge in [-0.3, -0.25) is 0 Å². The molecule has 0 aliphatic heterocycles. The lowest BCUT2D eigenvalue weighted by Crippen LogP contribution is -2.36.